The molecule has 0 aromatic carbocycles. The Morgan fingerprint density at radius 1 is 1.59 bits per heavy atom. The van der Waals surface area contributed by atoms with Gasteiger partial charge in [-0.2, -0.15) is 0 Å². The molecule has 4 nitrogen and oxygen atoms in total. The minimum atomic E-state index is -0.00785. The fourth-order valence-electron chi connectivity index (χ4n) is 2.04. The molecule has 0 saturated carbocycles. The largest absolute Gasteiger partial charge is 0.350 e. The standard InChI is InChI=1S/C12H19N3OS/c1-9-14-7-10(17-9)8-15-12(16)11-5-3-2-4-6-13-11/h7,11,13H,2-6,8H2,1H3,(H,15,16). The third-order valence-corrected chi connectivity index (χ3v) is 3.90. The molecule has 0 aliphatic carbocycles. The first kappa shape index (κ1) is 12.5. The highest BCUT2D eigenvalue weighted by Crippen LogP contribution is 2.12. The first-order chi connectivity index (χ1) is 8.25. The van der Waals surface area contributed by atoms with Gasteiger partial charge in [0.05, 0.1) is 17.6 Å². The summed E-state index contributed by atoms with van der Waals surface area (Å²) in [4.78, 5) is 17.2. The maximum atomic E-state index is 11.9. The van der Waals surface area contributed by atoms with E-state index in [0.29, 0.717) is 6.54 Å². The number of thiazole rings is 1. The van der Waals surface area contributed by atoms with Gasteiger partial charge < -0.3 is 10.6 Å². The summed E-state index contributed by atoms with van der Waals surface area (Å²) in [5.41, 5.74) is 0. The molecule has 2 rings (SSSR count). The van der Waals surface area contributed by atoms with Gasteiger partial charge in [0.15, 0.2) is 0 Å². The molecule has 5 heteroatoms. The van der Waals surface area contributed by atoms with Crippen molar-refractivity contribution in [3.05, 3.63) is 16.1 Å². The number of nitrogens with zero attached hydrogens (tertiary/aromatic N) is 1. The molecular formula is C12H19N3OS. The fraction of sp³-hybridized carbons (Fsp3) is 0.667. The molecule has 1 fully saturated rings. The molecule has 0 bridgehead atoms. The van der Waals surface area contributed by atoms with E-state index >= 15 is 0 Å². The number of carbonyl (C=O) groups is 1. The Labute approximate surface area is 106 Å². The first-order valence-corrected chi connectivity index (χ1v) is 7.00. The van der Waals surface area contributed by atoms with Crippen LogP contribution >= 0.6 is 11.3 Å². The molecule has 1 aromatic rings. The average molecular weight is 253 g/mol. The van der Waals surface area contributed by atoms with Crippen molar-refractivity contribution in [1.82, 2.24) is 15.6 Å². The Bertz CT molecular complexity index is 370. The van der Waals surface area contributed by atoms with Crippen molar-refractivity contribution in [3.8, 4) is 0 Å². The van der Waals surface area contributed by atoms with Gasteiger partial charge in [0.1, 0.15) is 0 Å². The topological polar surface area (TPSA) is 54.0 Å². The lowest BCUT2D eigenvalue weighted by Gasteiger charge is -2.14. The summed E-state index contributed by atoms with van der Waals surface area (Å²) in [5, 5.41) is 7.32. The van der Waals surface area contributed by atoms with Crippen LogP contribution in [0.1, 0.15) is 35.6 Å². The highest BCUT2D eigenvalue weighted by molar-refractivity contribution is 7.11. The number of hydrogen-bond donors (Lipinski definition) is 2. The average Bonchev–Trinajstić information content (AvgIpc) is 2.58. The third-order valence-electron chi connectivity index (χ3n) is 2.98. The molecule has 1 unspecified atom stereocenters. The summed E-state index contributed by atoms with van der Waals surface area (Å²) in [7, 11) is 0. The van der Waals surface area contributed by atoms with Crippen LogP contribution in [-0.2, 0) is 11.3 Å². The molecule has 1 saturated heterocycles. The Kier molecular flexibility index (Phi) is 4.50. The van der Waals surface area contributed by atoms with Gasteiger partial charge in [0.25, 0.3) is 0 Å². The van der Waals surface area contributed by atoms with E-state index in [2.05, 4.69) is 15.6 Å². The van der Waals surface area contributed by atoms with Crippen LogP contribution in [0.4, 0.5) is 0 Å². The molecule has 94 valence electrons. The van der Waals surface area contributed by atoms with Crippen molar-refractivity contribution >= 4 is 17.2 Å². The van der Waals surface area contributed by atoms with E-state index in [1.54, 1.807) is 11.3 Å². The van der Waals surface area contributed by atoms with Crippen LogP contribution in [0.25, 0.3) is 0 Å². The Morgan fingerprint density at radius 2 is 2.47 bits per heavy atom. The number of aromatic nitrogens is 1. The molecule has 0 spiro atoms. The summed E-state index contributed by atoms with van der Waals surface area (Å²) in [6.07, 6.45) is 6.34. The van der Waals surface area contributed by atoms with Crippen molar-refractivity contribution in [2.45, 2.75) is 45.2 Å². The second-order valence-electron chi connectivity index (χ2n) is 4.42. The molecule has 1 atom stereocenters. The number of hydrogen-bond acceptors (Lipinski definition) is 4. The van der Waals surface area contributed by atoms with Crippen molar-refractivity contribution in [2.75, 3.05) is 6.54 Å². The minimum absolute atomic E-state index is 0.00785. The summed E-state index contributed by atoms with van der Waals surface area (Å²) in [5.74, 6) is 0.123. The van der Waals surface area contributed by atoms with Crippen molar-refractivity contribution in [2.24, 2.45) is 0 Å². The SMILES string of the molecule is Cc1ncc(CNC(=O)C2CCCCCN2)s1. The Balaban J connectivity index is 1.79. The number of nitrogens with one attached hydrogen (secondary N) is 2. The molecule has 1 aliphatic rings. The van der Waals surface area contributed by atoms with Crippen LogP contribution in [0.15, 0.2) is 6.20 Å². The Hall–Kier alpha value is -0.940. The number of amides is 1. The second-order valence-corrected chi connectivity index (χ2v) is 5.74. The van der Waals surface area contributed by atoms with Gasteiger partial charge in [-0.3, -0.25) is 4.79 Å². The predicted molar refractivity (Wildman–Crippen MR) is 69.0 cm³/mol. The quantitative estimate of drug-likeness (QED) is 0.860. The van der Waals surface area contributed by atoms with Gasteiger partial charge in [0.2, 0.25) is 5.91 Å². The zero-order valence-electron chi connectivity index (χ0n) is 10.2. The number of aryl methyl sites for hydroxylation is 1. The molecule has 1 amide bonds. The van der Waals surface area contributed by atoms with Crippen molar-refractivity contribution in [1.29, 1.82) is 0 Å². The zero-order chi connectivity index (χ0) is 12.1. The number of rotatable bonds is 3. The van der Waals surface area contributed by atoms with Crippen LogP contribution in [0.3, 0.4) is 0 Å². The van der Waals surface area contributed by atoms with Crippen LogP contribution in [-0.4, -0.2) is 23.5 Å². The highest BCUT2D eigenvalue weighted by Gasteiger charge is 2.18. The van der Waals surface area contributed by atoms with Gasteiger partial charge >= 0.3 is 0 Å². The molecule has 1 aliphatic heterocycles. The van der Waals surface area contributed by atoms with Gasteiger partial charge in [-0.15, -0.1) is 11.3 Å². The third kappa shape index (κ3) is 3.78. The highest BCUT2D eigenvalue weighted by atomic mass is 32.1. The lowest BCUT2D eigenvalue weighted by Crippen LogP contribution is -2.43. The van der Waals surface area contributed by atoms with E-state index in [0.717, 1.165) is 29.3 Å². The van der Waals surface area contributed by atoms with E-state index in [-0.39, 0.29) is 11.9 Å². The van der Waals surface area contributed by atoms with Crippen LogP contribution in [0.5, 0.6) is 0 Å². The van der Waals surface area contributed by atoms with Crippen molar-refractivity contribution < 1.29 is 4.79 Å². The second kappa shape index (κ2) is 6.12. The zero-order valence-corrected chi connectivity index (χ0v) is 11.0. The predicted octanol–water partition coefficient (Wildman–Crippen LogP) is 1.60. The molecular weight excluding hydrogens is 234 g/mol. The van der Waals surface area contributed by atoms with Gasteiger partial charge in [-0.05, 0) is 26.3 Å². The maximum absolute atomic E-state index is 11.9. The van der Waals surface area contributed by atoms with Gasteiger partial charge in [-0.1, -0.05) is 12.8 Å². The van der Waals surface area contributed by atoms with Crippen LogP contribution < -0.4 is 10.6 Å². The van der Waals surface area contributed by atoms with E-state index in [1.165, 1.54) is 12.8 Å². The normalized spacial score (nSPS) is 20.9. The molecule has 2 N–H and O–H groups in total. The molecule has 17 heavy (non-hydrogen) atoms. The molecule has 1 aromatic heterocycles. The fourth-order valence-corrected chi connectivity index (χ4v) is 2.77. The maximum Gasteiger partial charge on any atom is 0.237 e. The first-order valence-electron chi connectivity index (χ1n) is 6.18. The van der Waals surface area contributed by atoms with Gasteiger partial charge in [0, 0.05) is 11.1 Å². The van der Waals surface area contributed by atoms with E-state index in [9.17, 15) is 4.79 Å². The number of carbonyl (C=O) groups excluding carboxylic acids is 1. The van der Waals surface area contributed by atoms with E-state index < -0.39 is 0 Å². The lowest BCUT2D eigenvalue weighted by atomic mass is 10.1. The summed E-state index contributed by atoms with van der Waals surface area (Å²) in [6, 6.07) is -0.00785. The van der Waals surface area contributed by atoms with Crippen LogP contribution in [0, 0.1) is 6.92 Å². The van der Waals surface area contributed by atoms with Gasteiger partial charge in [-0.25, -0.2) is 4.98 Å². The van der Waals surface area contributed by atoms with Crippen LogP contribution in [0.2, 0.25) is 0 Å². The summed E-state index contributed by atoms with van der Waals surface area (Å²) in [6.45, 7) is 3.53. The lowest BCUT2D eigenvalue weighted by molar-refractivity contribution is -0.123. The molecule has 0 radical (unpaired) electrons. The summed E-state index contributed by atoms with van der Waals surface area (Å²) >= 11 is 1.63. The molecule has 2 heterocycles. The Morgan fingerprint density at radius 3 is 3.24 bits per heavy atom. The smallest absolute Gasteiger partial charge is 0.237 e. The minimum Gasteiger partial charge on any atom is -0.350 e. The monoisotopic (exact) mass is 253 g/mol. The summed E-state index contributed by atoms with van der Waals surface area (Å²) < 4.78 is 0. The van der Waals surface area contributed by atoms with E-state index in [1.807, 2.05) is 13.1 Å². The van der Waals surface area contributed by atoms with Crippen molar-refractivity contribution in [3.63, 3.8) is 0 Å². The van der Waals surface area contributed by atoms with E-state index in [4.69, 9.17) is 0 Å².